The van der Waals surface area contributed by atoms with Crippen LogP contribution in [0.25, 0.3) is 0 Å². The molecule has 1 fully saturated rings. The standard InChI is InChI=1S/C21H26O2/c1-15(17-11-7-5-8-12-17)19-20(23-21(3,4)22-19)16(2)18-13-9-6-10-14-18/h5-16,19-20H,1-4H3/t15-,16-,19-,20+/m1/s1. The van der Waals surface area contributed by atoms with Crippen LogP contribution in [0.4, 0.5) is 0 Å². The minimum Gasteiger partial charge on any atom is -0.344 e. The van der Waals surface area contributed by atoms with Gasteiger partial charge in [0.1, 0.15) is 0 Å². The molecule has 0 aromatic heterocycles. The Labute approximate surface area is 139 Å². The van der Waals surface area contributed by atoms with E-state index in [4.69, 9.17) is 9.47 Å². The predicted molar refractivity (Wildman–Crippen MR) is 93.5 cm³/mol. The predicted octanol–water partition coefficient (Wildman–Crippen LogP) is 5.11. The largest absolute Gasteiger partial charge is 0.344 e. The van der Waals surface area contributed by atoms with E-state index >= 15 is 0 Å². The van der Waals surface area contributed by atoms with Crippen molar-refractivity contribution in [2.24, 2.45) is 0 Å². The molecule has 3 rings (SSSR count). The van der Waals surface area contributed by atoms with Gasteiger partial charge in [0.05, 0.1) is 12.2 Å². The van der Waals surface area contributed by atoms with E-state index < -0.39 is 5.79 Å². The summed E-state index contributed by atoms with van der Waals surface area (Å²) < 4.78 is 12.6. The number of benzene rings is 2. The maximum Gasteiger partial charge on any atom is 0.163 e. The Morgan fingerprint density at radius 3 is 1.39 bits per heavy atom. The highest BCUT2D eigenvalue weighted by molar-refractivity contribution is 5.24. The smallest absolute Gasteiger partial charge is 0.163 e. The average molecular weight is 310 g/mol. The lowest BCUT2D eigenvalue weighted by atomic mass is 9.84. The second-order valence-electron chi connectivity index (χ2n) is 6.96. The molecule has 1 aliphatic heterocycles. The molecule has 2 heteroatoms. The molecule has 23 heavy (non-hydrogen) atoms. The molecule has 1 saturated heterocycles. The van der Waals surface area contributed by atoms with E-state index in [2.05, 4.69) is 74.5 Å². The van der Waals surface area contributed by atoms with Crippen LogP contribution in [0.15, 0.2) is 60.7 Å². The van der Waals surface area contributed by atoms with E-state index in [1.165, 1.54) is 11.1 Å². The van der Waals surface area contributed by atoms with Crippen molar-refractivity contribution >= 4 is 0 Å². The summed E-state index contributed by atoms with van der Waals surface area (Å²) >= 11 is 0. The highest BCUT2D eigenvalue weighted by atomic mass is 16.8. The van der Waals surface area contributed by atoms with Crippen molar-refractivity contribution < 1.29 is 9.47 Å². The molecule has 0 unspecified atom stereocenters. The monoisotopic (exact) mass is 310 g/mol. The summed E-state index contributed by atoms with van der Waals surface area (Å²) in [7, 11) is 0. The van der Waals surface area contributed by atoms with Crippen molar-refractivity contribution in [3.05, 3.63) is 71.8 Å². The quantitative estimate of drug-likeness (QED) is 0.781. The third kappa shape index (κ3) is 3.49. The SMILES string of the molecule is C[C@H](c1ccccc1)[C@@H]1OC(C)(C)O[C@@H]1[C@H](C)c1ccccc1. The van der Waals surface area contributed by atoms with Crippen molar-refractivity contribution in [2.45, 2.75) is 57.5 Å². The van der Waals surface area contributed by atoms with Crippen molar-refractivity contribution in [2.75, 3.05) is 0 Å². The van der Waals surface area contributed by atoms with E-state index in [1.54, 1.807) is 0 Å². The van der Waals surface area contributed by atoms with E-state index in [1.807, 2.05) is 13.8 Å². The van der Waals surface area contributed by atoms with Crippen LogP contribution in [-0.4, -0.2) is 18.0 Å². The molecule has 1 heterocycles. The molecule has 2 aromatic carbocycles. The molecule has 0 spiro atoms. The van der Waals surface area contributed by atoms with Gasteiger partial charge in [-0.25, -0.2) is 0 Å². The molecule has 0 aliphatic carbocycles. The third-order valence-electron chi connectivity index (χ3n) is 4.80. The molecule has 1 aliphatic rings. The van der Waals surface area contributed by atoms with Crippen LogP contribution in [0.1, 0.15) is 50.7 Å². The van der Waals surface area contributed by atoms with Gasteiger partial charge in [-0.1, -0.05) is 74.5 Å². The first-order valence-corrected chi connectivity index (χ1v) is 8.43. The molecule has 0 amide bonds. The van der Waals surface area contributed by atoms with Crippen molar-refractivity contribution in [1.82, 2.24) is 0 Å². The van der Waals surface area contributed by atoms with Gasteiger partial charge in [-0.3, -0.25) is 0 Å². The Kier molecular flexibility index (Phi) is 4.56. The van der Waals surface area contributed by atoms with Gasteiger partial charge in [0, 0.05) is 11.8 Å². The third-order valence-corrected chi connectivity index (χ3v) is 4.80. The number of rotatable bonds is 4. The van der Waals surface area contributed by atoms with E-state index in [-0.39, 0.29) is 24.0 Å². The molecule has 4 atom stereocenters. The lowest BCUT2D eigenvalue weighted by Crippen LogP contribution is -2.32. The Morgan fingerprint density at radius 1 is 0.696 bits per heavy atom. The zero-order valence-corrected chi connectivity index (χ0v) is 14.4. The molecule has 0 N–H and O–H groups in total. The molecule has 2 nitrogen and oxygen atoms in total. The Bertz CT molecular complexity index is 565. The van der Waals surface area contributed by atoms with E-state index in [0.717, 1.165) is 0 Å². The first-order chi connectivity index (χ1) is 11.0. The topological polar surface area (TPSA) is 18.5 Å². The summed E-state index contributed by atoms with van der Waals surface area (Å²) in [6.45, 7) is 8.48. The molecule has 2 aromatic rings. The molecule has 122 valence electrons. The number of ether oxygens (including phenoxy) is 2. The maximum absolute atomic E-state index is 6.30. The first-order valence-electron chi connectivity index (χ1n) is 8.43. The molecule has 0 saturated carbocycles. The van der Waals surface area contributed by atoms with Gasteiger partial charge >= 0.3 is 0 Å². The summed E-state index contributed by atoms with van der Waals surface area (Å²) in [4.78, 5) is 0. The van der Waals surface area contributed by atoms with Crippen molar-refractivity contribution in [3.8, 4) is 0 Å². The van der Waals surface area contributed by atoms with Gasteiger partial charge in [0.25, 0.3) is 0 Å². The van der Waals surface area contributed by atoms with Crippen LogP contribution >= 0.6 is 0 Å². The summed E-state index contributed by atoms with van der Waals surface area (Å²) in [5.74, 6) is 0.0322. The van der Waals surface area contributed by atoms with Gasteiger partial charge in [-0.05, 0) is 25.0 Å². The highest BCUT2D eigenvalue weighted by Crippen LogP contribution is 2.41. The zero-order valence-electron chi connectivity index (χ0n) is 14.4. The van der Waals surface area contributed by atoms with Crippen LogP contribution in [0.5, 0.6) is 0 Å². The summed E-state index contributed by atoms with van der Waals surface area (Å²) in [5, 5.41) is 0. The van der Waals surface area contributed by atoms with Crippen molar-refractivity contribution in [1.29, 1.82) is 0 Å². The summed E-state index contributed by atoms with van der Waals surface area (Å²) in [5.41, 5.74) is 2.59. The molecular formula is C21H26O2. The number of hydrogen-bond donors (Lipinski definition) is 0. The summed E-state index contributed by atoms with van der Waals surface area (Å²) in [6.07, 6.45) is 0.0882. The minimum absolute atomic E-state index is 0.0441. The fourth-order valence-electron chi connectivity index (χ4n) is 3.48. The average Bonchev–Trinajstić information content (AvgIpc) is 2.91. The van der Waals surface area contributed by atoms with Gasteiger partial charge < -0.3 is 9.47 Å². The Morgan fingerprint density at radius 2 is 1.04 bits per heavy atom. The lowest BCUT2D eigenvalue weighted by molar-refractivity contribution is -0.149. The van der Waals surface area contributed by atoms with Crippen LogP contribution < -0.4 is 0 Å². The van der Waals surface area contributed by atoms with Crippen LogP contribution in [0.3, 0.4) is 0 Å². The van der Waals surface area contributed by atoms with Gasteiger partial charge in [-0.2, -0.15) is 0 Å². The van der Waals surface area contributed by atoms with Crippen LogP contribution in [0.2, 0.25) is 0 Å². The summed E-state index contributed by atoms with van der Waals surface area (Å²) in [6, 6.07) is 21.1. The molecule has 0 radical (unpaired) electrons. The Hall–Kier alpha value is -1.64. The minimum atomic E-state index is -0.540. The number of hydrogen-bond acceptors (Lipinski definition) is 2. The normalized spacial score (nSPS) is 25.9. The van der Waals surface area contributed by atoms with Gasteiger partial charge in [-0.15, -0.1) is 0 Å². The highest BCUT2D eigenvalue weighted by Gasteiger charge is 2.46. The van der Waals surface area contributed by atoms with Gasteiger partial charge in [0.2, 0.25) is 0 Å². The molecular weight excluding hydrogens is 284 g/mol. The van der Waals surface area contributed by atoms with E-state index in [0.29, 0.717) is 0 Å². The second kappa shape index (κ2) is 6.46. The second-order valence-corrected chi connectivity index (χ2v) is 6.96. The first kappa shape index (κ1) is 16.2. The van der Waals surface area contributed by atoms with E-state index in [9.17, 15) is 0 Å². The van der Waals surface area contributed by atoms with Crippen molar-refractivity contribution in [3.63, 3.8) is 0 Å². The fourth-order valence-corrected chi connectivity index (χ4v) is 3.48. The zero-order chi connectivity index (χ0) is 16.4. The maximum atomic E-state index is 6.30. The molecule has 0 bridgehead atoms. The fraction of sp³-hybridized carbons (Fsp3) is 0.429. The van der Waals surface area contributed by atoms with Crippen LogP contribution in [-0.2, 0) is 9.47 Å². The van der Waals surface area contributed by atoms with Gasteiger partial charge in [0.15, 0.2) is 5.79 Å². The van der Waals surface area contributed by atoms with Crippen LogP contribution in [0, 0.1) is 0 Å². The lowest BCUT2D eigenvalue weighted by Gasteiger charge is -2.28. The Balaban J connectivity index is 1.88.